The summed E-state index contributed by atoms with van der Waals surface area (Å²) >= 11 is 3.21. The van der Waals surface area contributed by atoms with Crippen molar-refractivity contribution in [3.05, 3.63) is 28.5 Å². The maximum Gasteiger partial charge on any atom is 0.219 e. The van der Waals surface area contributed by atoms with Crippen LogP contribution in [-0.2, 0) is 4.79 Å². The average molecular weight is 244 g/mol. The lowest BCUT2D eigenvalue weighted by Crippen LogP contribution is -2.20. The van der Waals surface area contributed by atoms with Crippen molar-refractivity contribution in [3.8, 4) is 0 Å². The number of amides is 1. The Labute approximate surface area is 84.5 Å². The normalized spacial score (nSPS) is 12.5. The molecule has 1 atom stereocenters. The topological polar surface area (TPSA) is 82.0 Å². The van der Waals surface area contributed by atoms with E-state index >= 15 is 0 Å². The molecular weight excluding hydrogens is 234 g/mol. The van der Waals surface area contributed by atoms with Gasteiger partial charge in [0.15, 0.2) is 0 Å². The molecular formula is C8H10BrN3O. The van der Waals surface area contributed by atoms with Gasteiger partial charge in [-0.3, -0.25) is 4.79 Å². The van der Waals surface area contributed by atoms with E-state index in [1.54, 1.807) is 18.3 Å². The van der Waals surface area contributed by atoms with Crippen LogP contribution in [0.1, 0.15) is 18.0 Å². The van der Waals surface area contributed by atoms with Crippen LogP contribution in [0.4, 0.5) is 0 Å². The van der Waals surface area contributed by atoms with Crippen LogP contribution in [0, 0.1) is 0 Å². The van der Waals surface area contributed by atoms with Crippen molar-refractivity contribution in [2.24, 2.45) is 11.5 Å². The average Bonchev–Trinajstić information content (AvgIpc) is 2.03. The summed E-state index contributed by atoms with van der Waals surface area (Å²) in [6, 6.07) is 3.18. The van der Waals surface area contributed by atoms with Crippen LogP contribution in [-0.4, -0.2) is 10.9 Å². The molecule has 13 heavy (non-hydrogen) atoms. The fourth-order valence-corrected chi connectivity index (χ4v) is 1.37. The van der Waals surface area contributed by atoms with Crippen molar-refractivity contribution in [2.75, 3.05) is 0 Å². The van der Waals surface area contributed by atoms with Gasteiger partial charge in [-0.2, -0.15) is 0 Å². The number of aromatic nitrogens is 1. The minimum Gasteiger partial charge on any atom is -0.370 e. The number of carbonyl (C=O) groups excluding carboxylic acids is 1. The Morgan fingerprint density at radius 3 is 2.92 bits per heavy atom. The van der Waals surface area contributed by atoms with Crippen LogP contribution in [0.25, 0.3) is 0 Å². The Hall–Kier alpha value is -0.940. The largest absolute Gasteiger partial charge is 0.370 e. The predicted molar refractivity (Wildman–Crippen MR) is 52.7 cm³/mol. The quantitative estimate of drug-likeness (QED) is 0.768. The summed E-state index contributed by atoms with van der Waals surface area (Å²) in [6.45, 7) is 0. The summed E-state index contributed by atoms with van der Waals surface area (Å²) in [6.07, 6.45) is 1.77. The number of hydrogen-bond donors (Lipinski definition) is 2. The highest BCUT2D eigenvalue weighted by molar-refractivity contribution is 9.10. The van der Waals surface area contributed by atoms with Gasteiger partial charge in [-0.25, -0.2) is 4.98 Å². The SMILES string of the molecule is NC(=O)CC(N)c1ccnc(Br)c1. The number of nitrogens with two attached hydrogens (primary N) is 2. The van der Waals surface area contributed by atoms with E-state index in [-0.39, 0.29) is 12.5 Å². The molecule has 5 heteroatoms. The monoisotopic (exact) mass is 243 g/mol. The number of pyridine rings is 1. The molecule has 0 aromatic carbocycles. The molecule has 0 fully saturated rings. The maximum absolute atomic E-state index is 10.6. The Morgan fingerprint density at radius 1 is 1.69 bits per heavy atom. The first-order valence-corrected chi connectivity index (χ1v) is 4.54. The number of primary amides is 1. The summed E-state index contributed by atoms with van der Waals surface area (Å²) in [4.78, 5) is 14.5. The number of hydrogen-bond acceptors (Lipinski definition) is 3. The molecule has 0 bridgehead atoms. The molecule has 0 saturated heterocycles. The summed E-state index contributed by atoms with van der Waals surface area (Å²) < 4.78 is 0.699. The number of rotatable bonds is 3. The highest BCUT2D eigenvalue weighted by Crippen LogP contribution is 2.16. The smallest absolute Gasteiger partial charge is 0.219 e. The molecule has 0 aliphatic heterocycles. The molecule has 70 valence electrons. The fraction of sp³-hybridized carbons (Fsp3) is 0.250. The lowest BCUT2D eigenvalue weighted by atomic mass is 10.1. The van der Waals surface area contributed by atoms with Crippen molar-refractivity contribution in [3.63, 3.8) is 0 Å². The van der Waals surface area contributed by atoms with E-state index in [1.807, 2.05) is 0 Å². The molecule has 1 heterocycles. The summed E-state index contributed by atoms with van der Waals surface area (Å²) in [5.41, 5.74) is 11.6. The van der Waals surface area contributed by atoms with Crippen LogP contribution >= 0.6 is 15.9 Å². The van der Waals surface area contributed by atoms with Gasteiger partial charge in [0.05, 0.1) is 0 Å². The van der Waals surface area contributed by atoms with Gasteiger partial charge in [-0.1, -0.05) is 0 Å². The molecule has 1 rings (SSSR count). The first kappa shape index (κ1) is 10.1. The zero-order valence-corrected chi connectivity index (χ0v) is 8.49. The molecule has 1 unspecified atom stereocenters. The minimum atomic E-state index is -0.402. The molecule has 0 aliphatic rings. The Bertz CT molecular complexity index is 316. The van der Waals surface area contributed by atoms with Gasteiger partial charge in [0.1, 0.15) is 4.60 Å². The fourth-order valence-electron chi connectivity index (χ4n) is 0.983. The van der Waals surface area contributed by atoms with E-state index < -0.39 is 5.91 Å². The highest BCUT2D eigenvalue weighted by atomic mass is 79.9. The van der Waals surface area contributed by atoms with Crippen LogP contribution in [0.3, 0.4) is 0 Å². The molecule has 0 spiro atoms. The number of halogens is 1. The second kappa shape index (κ2) is 4.34. The molecule has 1 amide bonds. The molecule has 0 radical (unpaired) electrons. The predicted octanol–water partition coefficient (Wildman–Crippen LogP) is 0.719. The van der Waals surface area contributed by atoms with Crippen LogP contribution < -0.4 is 11.5 Å². The minimum absolute atomic E-state index is 0.149. The van der Waals surface area contributed by atoms with Gasteiger partial charge < -0.3 is 11.5 Å². The van der Waals surface area contributed by atoms with E-state index in [1.165, 1.54) is 0 Å². The van der Waals surface area contributed by atoms with Crippen molar-refractivity contribution in [1.82, 2.24) is 4.98 Å². The summed E-state index contributed by atoms with van der Waals surface area (Å²) in [7, 11) is 0. The van der Waals surface area contributed by atoms with Crippen molar-refractivity contribution in [2.45, 2.75) is 12.5 Å². The Balaban J connectivity index is 2.76. The van der Waals surface area contributed by atoms with Gasteiger partial charge in [-0.15, -0.1) is 0 Å². The maximum atomic E-state index is 10.6. The molecule has 4 N–H and O–H groups in total. The Kier molecular flexibility index (Phi) is 3.39. The molecule has 0 saturated carbocycles. The Morgan fingerprint density at radius 2 is 2.38 bits per heavy atom. The summed E-state index contributed by atoms with van der Waals surface area (Å²) in [5, 5.41) is 0. The zero-order valence-electron chi connectivity index (χ0n) is 6.90. The van der Waals surface area contributed by atoms with Gasteiger partial charge in [-0.05, 0) is 33.6 Å². The molecule has 1 aromatic rings. The van der Waals surface area contributed by atoms with Crippen LogP contribution in [0.15, 0.2) is 22.9 Å². The molecule has 4 nitrogen and oxygen atoms in total. The van der Waals surface area contributed by atoms with E-state index in [4.69, 9.17) is 11.5 Å². The first-order valence-electron chi connectivity index (χ1n) is 3.75. The third-order valence-corrected chi connectivity index (χ3v) is 2.03. The van der Waals surface area contributed by atoms with E-state index in [2.05, 4.69) is 20.9 Å². The standard InChI is InChI=1S/C8H10BrN3O/c9-7-3-5(1-2-12-7)6(10)4-8(11)13/h1-3,6H,4,10H2,(H2,11,13). The van der Waals surface area contributed by atoms with Gasteiger partial charge in [0.2, 0.25) is 5.91 Å². The van der Waals surface area contributed by atoms with Gasteiger partial charge >= 0.3 is 0 Å². The lowest BCUT2D eigenvalue weighted by molar-refractivity contribution is -0.118. The third-order valence-electron chi connectivity index (χ3n) is 1.60. The molecule has 1 aromatic heterocycles. The zero-order chi connectivity index (χ0) is 9.84. The number of nitrogens with zero attached hydrogens (tertiary/aromatic N) is 1. The molecule has 0 aliphatic carbocycles. The van der Waals surface area contributed by atoms with Crippen molar-refractivity contribution < 1.29 is 4.79 Å². The first-order chi connectivity index (χ1) is 6.09. The van der Waals surface area contributed by atoms with E-state index in [0.717, 1.165) is 5.56 Å². The van der Waals surface area contributed by atoms with Gasteiger partial charge in [0.25, 0.3) is 0 Å². The van der Waals surface area contributed by atoms with E-state index in [9.17, 15) is 4.79 Å². The van der Waals surface area contributed by atoms with E-state index in [0.29, 0.717) is 4.60 Å². The number of carbonyl (C=O) groups is 1. The highest BCUT2D eigenvalue weighted by Gasteiger charge is 2.09. The lowest BCUT2D eigenvalue weighted by Gasteiger charge is -2.08. The van der Waals surface area contributed by atoms with Gasteiger partial charge in [0, 0.05) is 18.7 Å². The second-order valence-corrected chi connectivity index (χ2v) is 3.50. The van der Waals surface area contributed by atoms with Crippen molar-refractivity contribution in [1.29, 1.82) is 0 Å². The third kappa shape index (κ3) is 3.12. The summed E-state index contributed by atoms with van der Waals surface area (Å²) in [5.74, 6) is -0.402. The second-order valence-electron chi connectivity index (χ2n) is 2.69. The van der Waals surface area contributed by atoms with Crippen molar-refractivity contribution >= 4 is 21.8 Å². The van der Waals surface area contributed by atoms with Crippen LogP contribution in [0.5, 0.6) is 0 Å². The van der Waals surface area contributed by atoms with Crippen LogP contribution in [0.2, 0.25) is 0 Å².